The van der Waals surface area contributed by atoms with Crippen molar-refractivity contribution in [3.05, 3.63) is 50.3 Å². The van der Waals surface area contributed by atoms with Crippen LogP contribution in [-0.2, 0) is 13.0 Å². The van der Waals surface area contributed by atoms with Crippen LogP contribution in [0, 0.1) is 6.92 Å². The predicted molar refractivity (Wildman–Crippen MR) is 89.7 cm³/mol. The van der Waals surface area contributed by atoms with Crippen molar-refractivity contribution < 1.29 is 24.2 Å². The Hall–Kier alpha value is -2.94. The molecule has 0 bridgehead atoms. The molecule has 0 aliphatic heterocycles. The zero-order valence-corrected chi connectivity index (χ0v) is 14.2. The van der Waals surface area contributed by atoms with Gasteiger partial charge in [-0.1, -0.05) is 6.92 Å². The lowest BCUT2D eigenvalue weighted by Gasteiger charge is -2.09. The molecule has 0 atom stereocenters. The first kappa shape index (κ1) is 16.9. The molecule has 2 N–H and O–H groups in total. The van der Waals surface area contributed by atoms with E-state index in [0.717, 1.165) is 11.3 Å². The number of hydrogen-bond donors (Lipinski definition) is 2. The minimum atomic E-state index is -1.19. The summed E-state index contributed by atoms with van der Waals surface area (Å²) in [4.78, 5) is 40.0. The molecule has 0 fully saturated rings. The van der Waals surface area contributed by atoms with E-state index >= 15 is 0 Å². The molecule has 25 heavy (non-hydrogen) atoms. The van der Waals surface area contributed by atoms with Gasteiger partial charge in [-0.3, -0.25) is 9.36 Å². The van der Waals surface area contributed by atoms with E-state index in [4.69, 9.17) is 9.52 Å². The fourth-order valence-electron chi connectivity index (χ4n) is 2.63. The molecule has 0 aliphatic rings. The van der Waals surface area contributed by atoms with Crippen molar-refractivity contribution in [2.75, 3.05) is 0 Å². The minimum absolute atomic E-state index is 0.0237. The number of nitrogens with zero attached hydrogens (tertiary/aromatic N) is 2. The summed E-state index contributed by atoms with van der Waals surface area (Å²) in [5.41, 5.74) is 0.0171. The third-order valence-electron chi connectivity index (χ3n) is 3.83. The summed E-state index contributed by atoms with van der Waals surface area (Å²) < 4.78 is 6.60. The molecule has 130 valence electrons. The third-order valence-corrected chi connectivity index (χ3v) is 5.00. The maximum atomic E-state index is 12.9. The molecule has 3 rings (SSSR count). The zero-order chi connectivity index (χ0) is 18.3. The van der Waals surface area contributed by atoms with Gasteiger partial charge in [0.1, 0.15) is 21.3 Å². The molecular weight excluding hydrogens is 348 g/mol. The topological polar surface area (TPSA) is 123 Å². The molecule has 0 saturated heterocycles. The van der Waals surface area contributed by atoms with Gasteiger partial charge < -0.3 is 14.6 Å². The molecular formula is C16H14N2O6S. The fourth-order valence-corrected chi connectivity index (χ4v) is 3.66. The average Bonchev–Trinajstić information content (AvgIpc) is 3.15. The SMILES string of the molecule is CCc1nc2sc(C(=O)O)c(C)c2c(=O)n1Cc1ccc(C(=O)O)o1. The van der Waals surface area contributed by atoms with Crippen LogP contribution in [0.15, 0.2) is 21.3 Å². The summed E-state index contributed by atoms with van der Waals surface area (Å²) in [7, 11) is 0. The minimum Gasteiger partial charge on any atom is -0.477 e. The highest BCUT2D eigenvalue weighted by Gasteiger charge is 2.21. The standard InChI is InChI=1S/C16H14N2O6S/c1-3-10-17-13-11(7(2)12(25-13)16(22)23)14(19)18(10)6-8-4-5-9(24-8)15(20)21/h4-5H,3,6H2,1-2H3,(H,20,21)(H,22,23). The third kappa shape index (κ3) is 2.82. The Morgan fingerprint density at radius 1 is 1.28 bits per heavy atom. The molecule has 3 heterocycles. The van der Waals surface area contributed by atoms with Crippen LogP contribution in [0.2, 0.25) is 0 Å². The van der Waals surface area contributed by atoms with Gasteiger partial charge in [0.15, 0.2) is 0 Å². The first-order valence-electron chi connectivity index (χ1n) is 7.41. The molecule has 8 nitrogen and oxygen atoms in total. The Morgan fingerprint density at radius 3 is 2.56 bits per heavy atom. The lowest BCUT2D eigenvalue weighted by Crippen LogP contribution is -2.25. The molecule has 0 aliphatic carbocycles. The van der Waals surface area contributed by atoms with E-state index in [2.05, 4.69) is 4.98 Å². The number of aromatic carboxylic acids is 2. The lowest BCUT2D eigenvalue weighted by molar-refractivity contribution is 0.0657. The quantitative estimate of drug-likeness (QED) is 0.714. The van der Waals surface area contributed by atoms with Gasteiger partial charge in [-0.05, 0) is 24.6 Å². The van der Waals surface area contributed by atoms with E-state index in [1.54, 1.807) is 6.92 Å². The second kappa shape index (κ2) is 6.17. The van der Waals surface area contributed by atoms with Crippen molar-refractivity contribution >= 4 is 33.5 Å². The normalized spacial score (nSPS) is 11.1. The van der Waals surface area contributed by atoms with Crippen LogP contribution in [0.1, 0.15) is 44.3 Å². The van der Waals surface area contributed by atoms with Crippen LogP contribution in [0.25, 0.3) is 10.2 Å². The zero-order valence-electron chi connectivity index (χ0n) is 13.4. The number of aromatic nitrogens is 2. The Bertz CT molecular complexity index is 1060. The summed E-state index contributed by atoms with van der Waals surface area (Å²) in [6.07, 6.45) is 0.455. The average molecular weight is 362 g/mol. The van der Waals surface area contributed by atoms with E-state index in [-0.39, 0.29) is 28.1 Å². The molecule has 0 saturated carbocycles. The fraction of sp³-hybridized carbons (Fsp3) is 0.250. The number of aryl methyl sites for hydroxylation is 2. The first-order chi connectivity index (χ1) is 11.8. The van der Waals surface area contributed by atoms with E-state index in [1.807, 2.05) is 6.92 Å². The van der Waals surface area contributed by atoms with Crippen LogP contribution < -0.4 is 5.56 Å². The Balaban J connectivity index is 2.17. The molecule has 9 heteroatoms. The van der Waals surface area contributed by atoms with E-state index < -0.39 is 11.9 Å². The largest absolute Gasteiger partial charge is 0.477 e. The van der Waals surface area contributed by atoms with Gasteiger partial charge in [-0.15, -0.1) is 11.3 Å². The second-order valence-electron chi connectivity index (χ2n) is 5.39. The number of rotatable bonds is 5. The Morgan fingerprint density at radius 2 is 2.00 bits per heavy atom. The van der Waals surface area contributed by atoms with Gasteiger partial charge in [-0.25, -0.2) is 14.6 Å². The number of carboxylic acid groups (broad SMARTS) is 2. The number of thiophene rings is 1. The van der Waals surface area contributed by atoms with Crippen molar-refractivity contribution in [2.45, 2.75) is 26.8 Å². The maximum absolute atomic E-state index is 12.9. The molecule has 0 spiro atoms. The monoisotopic (exact) mass is 362 g/mol. The van der Waals surface area contributed by atoms with Gasteiger partial charge in [0, 0.05) is 6.42 Å². The van der Waals surface area contributed by atoms with Crippen molar-refractivity contribution in [3.8, 4) is 0 Å². The Kier molecular flexibility index (Phi) is 4.17. The van der Waals surface area contributed by atoms with Gasteiger partial charge in [-0.2, -0.15) is 0 Å². The summed E-state index contributed by atoms with van der Waals surface area (Å²) in [5.74, 6) is -1.72. The molecule has 0 unspecified atom stereocenters. The highest BCUT2D eigenvalue weighted by Crippen LogP contribution is 2.27. The van der Waals surface area contributed by atoms with Crippen molar-refractivity contribution in [2.24, 2.45) is 0 Å². The number of hydrogen-bond acceptors (Lipinski definition) is 6. The maximum Gasteiger partial charge on any atom is 0.371 e. The van der Waals surface area contributed by atoms with Crippen molar-refractivity contribution in [3.63, 3.8) is 0 Å². The smallest absolute Gasteiger partial charge is 0.371 e. The van der Waals surface area contributed by atoms with Crippen LogP contribution >= 0.6 is 11.3 Å². The number of carbonyl (C=O) groups is 2. The van der Waals surface area contributed by atoms with E-state index in [9.17, 15) is 19.5 Å². The van der Waals surface area contributed by atoms with Gasteiger partial charge >= 0.3 is 11.9 Å². The summed E-state index contributed by atoms with van der Waals surface area (Å²) in [6, 6.07) is 2.81. The lowest BCUT2D eigenvalue weighted by atomic mass is 10.2. The molecule has 0 aromatic carbocycles. The van der Waals surface area contributed by atoms with E-state index in [1.165, 1.54) is 16.7 Å². The highest BCUT2D eigenvalue weighted by molar-refractivity contribution is 7.20. The summed E-state index contributed by atoms with van der Waals surface area (Å²) in [6.45, 7) is 3.43. The highest BCUT2D eigenvalue weighted by atomic mass is 32.1. The van der Waals surface area contributed by atoms with Gasteiger partial charge in [0.2, 0.25) is 5.76 Å². The molecule has 3 aromatic rings. The van der Waals surface area contributed by atoms with Crippen LogP contribution in [0.5, 0.6) is 0 Å². The van der Waals surface area contributed by atoms with Crippen molar-refractivity contribution in [1.82, 2.24) is 9.55 Å². The number of furan rings is 1. The van der Waals surface area contributed by atoms with Crippen molar-refractivity contribution in [1.29, 1.82) is 0 Å². The molecule has 0 radical (unpaired) electrons. The van der Waals surface area contributed by atoms with Gasteiger partial charge in [0.25, 0.3) is 5.56 Å². The van der Waals surface area contributed by atoms with Gasteiger partial charge in [0.05, 0.1) is 11.9 Å². The van der Waals surface area contributed by atoms with Crippen LogP contribution in [-0.4, -0.2) is 31.7 Å². The summed E-state index contributed by atoms with van der Waals surface area (Å²) in [5, 5.41) is 18.4. The number of carboxylic acids is 2. The molecule has 0 amide bonds. The first-order valence-corrected chi connectivity index (χ1v) is 8.23. The molecule has 3 aromatic heterocycles. The Labute approximate surface area is 145 Å². The van der Waals surface area contributed by atoms with E-state index in [0.29, 0.717) is 28.4 Å². The van der Waals surface area contributed by atoms with Crippen LogP contribution in [0.4, 0.5) is 0 Å². The number of fused-ring (bicyclic) bond motifs is 1. The second-order valence-corrected chi connectivity index (χ2v) is 6.38. The summed E-state index contributed by atoms with van der Waals surface area (Å²) >= 11 is 0.974. The van der Waals surface area contributed by atoms with Crippen LogP contribution in [0.3, 0.4) is 0 Å². The predicted octanol–water partition coefficient (Wildman–Crippen LogP) is 2.37.